The SMILES string of the molecule is Cc1cc(C(=O)C(=O)O)ccc1F. The molecular weight excluding hydrogens is 175 g/mol. The van der Waals surface area contributed by atoms with Gasteiger partial charge in [0.15, 0.2) is 0 Å². The van der Waals surface area contributed by atoms with Crippen LogP contribution in [-0.2, 0) is 4.79 Å². The fourth-order valence-corrected chi connectivity index (χ4v) is 0.909. The van der Waals surface area contributed by atoms with Gasteiger partial charge in [-0.3, -0.25) is 4.79 Å². The molecule has 0 saturated carbocycles. The van der Waals surface area contributed by atoms with E-state index in [0.29, 0.717) is 0 Å². The Bertz CT molecular complexity index is 371. The van der Waals surface area contributed by atoms with Gasteiger partial charge in [-0.15, -0.1) is 0 Å². The Hall–Kier alpha value is -1.71. The maximum atomic E-state index is 12.7. The van der Waals surface area contributed by atoms with E-state index in [4.69, 9.17) is 5.11 Å². The van der Waals surface area contributed by atoms with Crippen molar-refractivity contribution in [1.82, 2.24) is 0 Å². The monoisotopic (exact) mass is 182 g/mol. The number of aryl methyl sites for hydroxylation is 1. The summed E-state index contributed by atoms with van der Waals surface area (Å²) in [5, 5.41) is 8.35. The zero-order valence-corrected chi connectivity index (χ0v) is 6.87. The van der Waals surface area contributed by atoms with Crippen LogP contribution in [0.2, 0.25) is 0 Å². The number of carboxylic acid groups (broad SMARTS) is 1. The van der Waals surface area contributed by atoms with Gasteiger partial charge in [-0.25, -0.2) is 9.18 Å². The topological polar surface area (TPSA) is 54.4 Å². The van der Waals surface area contributed by atoms with E-state index in [1.807, 2.05) is 0 Å². The van der Waals surface area contributed by atoms with E-state index in [9.17, 15) is 14.0 Å². The summed E-state index contributed by atoms with van der Waals surface area (Å²) >= 11 is 0. The molecule has 0 spiro atoms. The van der Waals surface area contributed by atoms with Gasteiger partial charge >= 0.3 is 5.97 Å². The summed E-state index contributed by atoms with van der Waals surface area (Å²) in [4.78, 5) is 21.1. The van der Waals surface area contributed by atoms with Gasteiger partial charge in [-0.1, -0.05) is 0 Å². The molecule has 3 nitrogen and oxygen atoms in total. The third-order valence-electron chi connectivity index (χ3n) is 1.61. The molecule has 0 amide bonds. The Morgan fingerprint density at radius 1 is 1.38 bits per heavy atom. The fraction of sp³-hybridized carbons (Fsp3) is 0.111. The van der Waals surface area contributed by atoms with Crippen molar-refractivity contribution in [3.05, 3.63) is 35.1 Å². The van der Waals surface area contributed by atoms with Crippen LogP contribution in [0.3, 0.4) is 0 Å². The Morgan fingerprint density at radius 2 is 2.00 bits per heavy atom. The van der Waals surface area contributed by atoms with Crippen LogP contribution >= 0.6 is 0 Å². The van der Waals surface area contributed by atoms with E-state index >= 15 is 0 Å². The minimum atomic E-state index is -1.54. The molecule has 0 fully saturated rings. The normalized spacial score (nSPS) is 9.69. The molecule has 1 aromatic carbocycles. The third-order valence-corrected chi connectivity index (χ3v) is 1.61. The van der Waals surface area contributed by atoms with Crippen molar-refractivity contribution < 1.29 is 19.1 Å². The van der Waals surface area contributed by atoms with Crippen LogP contribution in [0.1, 0.15) is 15.9 Å². The minimum Gasteiger partial charge on any atom is -0.475 e. The van der Waals surface area contributed by atoms with Gasteiger partial charge in [-0.05, 0) is 30.7 Å². The largest absolute Gasteiger partial charge is 0.475 e. The second kappa shape index (κ2) is 3.35. The second-order valence-electron chi connectivity index (χ2n) is 2.60. The lowest BCUT2D eigenvalue weighted by molar-refractivity contribution is -0.131. The first-order valence-corrected chi connectivity index (χ1v) is 3.56. The molecule has 0 bridgehead atoms. The molecule has 0 heterocycles. The maximum Gasteiger partial charge on any atom is 0.377 e. The molecule has 0 aliphatic heterocycles. The predicted molar refractivity (Wildman–Crippen MR) is 43.1 cm³/mol. The lowest BCUT2D eigenvalue weighted by atomic mass is 10.1. The quantitative estimate of drug-likeness (QED) is 0.555. The van der Waals surface area contributed by atoms with Crippen molar-refractivity contribution in [3.63, 3.8) is 0 Å². The number of halogens is 1. The Labute approximate surface area is 73.8 Å². The van der Waals surface area contributed by atoms with Crippen molar-refractivity contribution >= 4 is 11.8 Å². The van der Waals surface area contributed by atoms with Gasteiger partial charge in [0.25, 0.3) is 5.78 Å². The Balaban J connectivity index is 3.11. The number of carbonyl (C=O) groups excluding carboxylic acids is 1. The van der Waals surface area contributed by atoms with E-state index in [-0.39, 0.29) is 11.1 Å². The predicted octanol–water partition coefficient (Wildman–Crippen LogP) is 1.40. The molecule has 1 aromatic rings. The highest BCUT2D eigenvalue weighted by atomic mass is 19.1. The van der Waals surface area contributed by atoms with Crippen LogP contribution in [0, 0.1) is 12.7 Å². The molecule has 0 saturated heterocycles. The summed E-state index contributed by atoms with van der Waals surface area (Å²) in [6, 6.07) is 3.44. The van der Waals surface area contributed by atoms with Gasteiger partial charge < -0.3 is 5.11 Å². The number of carbonyl (C=O) groups is 2. The molecule has 0 radical (unpaired) electrons. The smallest absolute Gasteiger partial charge is 0.377 e. The number of rotatable bonds is 2. The highest BCUT2D eigenvalue weighted by Gasteiger charge is 2.14. The summed E-state index contributed by atoms with van der Waals surface area (Å²) in [5.41, 5.74) is 0.249. The molecule has 0 aromatic heterocycles. The van der Waals surface area contributed by atoms with Crippen molar-refractivity contribution in [2.75, 3.05) is 0 Å². The number of aliphatic carboxylic acids is 1. The molecule has 13 heavy (non-hydrogen) atoms. The molecule has 0 atom stereocenters. The fourth-order valence-electron chi connectivity index (χ4n) is 0.909. The van der Waals surface area contributed by atoms with Gasteiger partial charge in [-0.2, -0.15) is 0 Å². The zero-order chi connectivity index (χ0) is 10.0. The number of ketones is 1. The van der Waals surface area contributed by atoms with E-state index < -0.39 is 17.6 Å². The number of hydrogen-bond donors (Lipinski definition) is 1. The highest BCUT2D eigenvalue weighted by Crippen LogP contribution is 2.09. The Morgan fingerprint density at radius 3 is 2.46 bits per heavy atom. The second-order valence-corrected chi connectivity index (χ2v) is 2.60. The van der Waals surface area contributed by atoms with E-state index in [1.165, 1.54) is 13.0 Å². The number of hydrogen-bond acceptors (Lipinski definition) is 2. The molecular formula is C9H7FO3. The molecule has 0 unspecified atom stereocenters. The highest BCUT2D eigenvalue weighted by molar-refractivity contribution is 6.39. The summed E-state index contributed by atoms with van der Waals surface area (Å²) in [5.74, 6) is -3.02. The van der Waals surface area contributed by atoms with Crippen LogP contribution in [-0.4, -0.2) is 16.9 Å². The first-order valence-electron chi connectivity index (χ1n) is 3.56. The summed E-state index contributed by atoms with van der Waals surface area (Å²) in [6.45, 7) is 1.47. The van der Waals surface area contributed by atoms with Crippen LogP contribution in [0.4, 0.5) is 4.39 Å². The molecule has 1 rings (SSSR count). The van der Waals surface area contributed by atoms with Crippen molar-refractivity contribution in [2.24, 2.45) is 0 Å². The number of Topliss-reactive ketones (excluding diaryl/α,β-unsaturated/α-hetero) is 1. The van der Waals surface area contributed by atoms with Crippen molar-refractivity contribution in [2.45, 2.75) is 6.92 Å². The zero-order valence-electron chi connectivity index (χ0n) is 6.87. The first-order chi connectivity index (χ1) is 6.02. The molecule has 0 aliphatic rings. The lowest BCUT2D eigenvalue weighted by Crippen LogP contribution is -2.12. The van der Waals surface area contributed by atoms with Crippen LogP contribution in [0.5, 0.6) is 0 Å². The van der Waals surface area contributed by atoms with Gasteiger partial charge in [0.1, 0.15) is 5.82 Å². The molecule has 1 N–H and O–H groups in total. The summed E-state index contributed by atoms with van der Waals surface area (Å²) in [7, 11) is 0. The van der Waals surface area contributed by atoms with Crippen LogP contribution in [0.25, 0.3) is 0 Å². The average Bonchev–Trinajstić information content (AvgIpc) is 2.08. The van der Waals surface area contributed by atoms with Crippen molar-refractivity contribution in [1.29, 1.82) is 0 Å². The van der Waals surface area contributed by atoms with E-state index in [0.717, 1.165) is 12.1 Å². The van der Waals surface area contributed by atoms with Crippen LogP contribution < -0.4 is 0 Å². The molecule has 68 valence electrons. The number of benzene rings is 1. The van der Waals surface area contributed by atoms with Gasteiger partial charge in [0.2, 0.25) is 0 Å². The van der Waals surface area contributed by atoms with E-state index in [2.05, 4.69) is 0 Å². The van der Waals surface area contributed by atoms with Gasteiger partial charge in [0, 0.05) is 5.56 Å². The molecule has 4 heteroatoms. The minimum absolute atomic E-state index is 0.00796. The Kier molecular flexibility index (Phi) is 2.41. The van der Waals surface area contributed by atoms with Crippen LogP contribution in [0.15, 0.2) is 18.2 Å². The maximum absolute atomic E-state index is 12.7. The number of carboxylic acids is 1. The third kappa shape index (κ3) is 1.90. The summed E-state index contributed by atoms with van der Waals surface area (Å²) < 4.78 is 12.7. The lowest BCUT2D eigenvalue weighted by Gasteiger charge is -1.98. The standard InChI is InChI=1S/C9H7FO3/c1-5-4-6(2-3-7(5)10)8(11)9(12)13/h2-4H,1H3,(H,12,13). The van der Waals surface area contributed by atoms with Crippen molar-refractivity contribution in [3.8, 4) is 0 Å². The summed E-state index contributed by atoms with van der Waals surface area (Å²) in [6.07, 6.45) is 0. The van der Waals surface area contributed by atoms with E-state index in [1.54, 1.807) is 0 Å². The first kappa shape index (κ1) is 9.38. The van der Waals surface area contributed by atoms with Gasteiger partial charge in [0.05, 0.1) is 0 Å². The average molecular weight is 182 g/mol. The molecule has 0 aliphatic carbocycles.